The van der Waals surface area contributed by atoms with Gasteiger partial charge in [-0.25, -0.2) is 10.4 Å². The van der Waals surface area contributed by atoms with Crippen LogP contribution in [-0.4, -0.2) is 22.1 Å². The molecule has 0 aliphatic rings. The van der Waals surface area contributed by atoms with Gasteiger partial charge in [-0.2, -0.15) is 5.10 Å². The van der Waals surface area contributed by atoms with Gasteiger partial charge in [0.2, 0.25) is 0 Å². The first kappa shape index (κ1) is 18.6. The minimum absolute atomic E-state index is 0.291. The number of nitrogens with one attached hydrogen (secondary N) is 1. The van der Waals surface area contributed by atoms with E-state index in [4.69, 9.17) is 4.98 Å². The van der Waals surface area contributed by atoms with Crippen molar-refractivity contribution in [2.24, 2.45) is 5.10 Å². The molecule has 5 rings (SSSR count). The van der Waals surface area contributed by atoms with Crippen molar-refractivity contribution in [2.75, 3.05) is 0 Å². The maximum atomic E-state index is 13.0. The van der Waals surface area contributed by atoms with Gasteiger partial charge in [0.1, 0.15) is 0 Å². The zero-order chi connectivity index (χ0) is 21.0. The topological polar surface area (TPSA) is 67.2 Å². The molecule has 2 aromatic heterocycles. The number of carbonyl (C=O) groups is 1. The highest BCUT2D eigenvalue weighted by Gasteiger charge is 2.13. The normalized spacial score (nSPS) is 11.2. The van der Waals surface area contributed by atoms with Crippen LogP contribution in [0.1, 0.15) is 15.9 Å². The van der Waals surface area contributed by atoms with Gasteiger partial charge in [0, 0.05) is 28.9 Å². The van der Waals surface area contributed by atoms with E-state index in [9.17, 15) is 4.79 Å². The van der Waals surface area contributed by atoms with Gasteiger partial charge in [0.25, 0.3) is 5.91 Å². The largest absolute Gasteiger partial charge is 0.272 e. The number of amides is 1. The van der Waals surface area contributed by atoms with Crippen molar-refractivity contribution in [1.29, 1.82) is 0 Å². The highest BCUT2D eigenvalue weighted by atomic mass is 16.2. The van der Waals surface area contributed by atoms with Gasteiger partial charge >= 0.3 is 0 Å². The molecule has 0 aliphatic heterocycles. The van der Waals surface area contributed by atoms with E-state index in [-0.39, 0.29) is 5.91 Å². The number of hydrogen-bond acceptors (Lipinski definition) is 4. The molecule has 0 aliphatic carbocycles. The summed E-state index contributed by atoms with van der Waals surface area (Å²) in [5.41, 5.74) is 6.40. The molecule has 2 heterocycles. The number of aromatic nitrogens is 2. The molecule has 3 aromatic carbocycles. The fourth-order valence-electron chi connectivity index (χ4n) is 3.61. The predicted octanol–water partition coefficient (Wildman–Crippen LogP) is 5.21. The van der Waals surface area contributed by atoms with E-state index >= 15 is 0 Å². The van der Waals surface area contributed by atoms with Gasteiger partial charge in [-0.1, -0.05) is 60.7 Å². The maximum absolute atomic E-state index is 13.0. The molecule has 5 heteroatoms. The van der Waals surface area contributed by atoms with Crippen LogP contribution in [0.15, 0.2) is 102 Å². The second-order valence-electron chi connectivity index (χ2n) is 7.08. The predicted molar refractivity (Wildman–Crippen MR) is 124 cm³/mol. The lowest BCUT2D eigenvalue weighted by atomic mass is 10.0. The first-order valence-corrected chi connectivity index (χ1v) is 9.91. The third-order valence-corrected chi connectivity index (χ3v) is 5.11. The van der Waals surface area contributed by atoms with Crippen molar-refractivity contribution < 1.29 is 4.79 Å². The summed E-state index contributed by atoms with van der Waals surface area (Å²) < 4.78 is 0. The molecule has 0 saturated carbocycles. The highest BCUT2D eigenvalue weighted by molar-refractivity contribution is 6.07. The Morgan fingerprint density at radius 3 is 2.55 bits per heavy atom. The van der Waals surface area contributed by atoms with E-state index in [1.165, 1.54) is 0 Å². The van der Waals surface area contributed by atoms with Crippen LogP contribution in [0, 0.1) is 0 Å². The van der Waals surface area contributed by atoms with Crippen LogP contribution in [0.5, 0.6) is 0 Å². The van der Waals surface area contributed by atoms with E-state index in [1.807, 2.05) is 78.9 Å². The van der Waals surface area contributed by atoms with Crippen LogP contribution in [-0.2, 0) is 0 Å². The Morgan fingerprint density at radius 1 is 0.871 bits per heavy atom. The Balaban J connectivity index is 1.49. The van der Waals surface area contributed by atoms with Gasteiger partial charge < -0.3 is 0 Å². The van der Waals surface area contributed by atoms with E-state index in [0.29, 0.717) is 11.3 Å². The van der Waals surface area contributed by atoms with Crippen molar-refractivity contribution in [3.05, 3.63) is 108 Å². The molecular weight excluding hydrogens is 384 g/mol. The van der Waals surface area contributed by atoms with Gasteiger partial charge in [-0.05, 0) is 35.0 Å². The number of fused-ring (bicyclic) bond motifs is 2. The molecule has 31 heavy (non-hydrogen) atoms. The second kappa shape index (κ2) is 8.16. The first-order valence-electron chi connectivity index (χ1n) is 9.91. The van der Waals surface area contributed by atoms with Crippen molar-refractivity contribution in [2.45, 2.75) is 0 Å². The van der Waals surface area contributed by atoms with Crippen LogP contribution < -0.4 is 5.43 Å². The van der Waals surface area contributed by atoms with E-state index in [2.05, 4.69) is 15.5 Å². The molecule has 1 amide bonds. The minimum atomic E-state index is -0.291. The fraction of sp³-hybridized carbons (Fsp3) is 0. The molecule has 5 aromatic rings. The smallest absolute Gasteiger partial charge is 0.267 e. The number of carbonyl (C=O) groups excluding carboxylic acids is 1. The number of hydrazone groups is 1. The number of para-hydroxylation sites is 1. The number of benzene rings is 3. The number of pyridine rings is 2. The summed E-state index contributed by atoms with van der Waals surface area (Å²) in [5, 5.41) is 7.20. The average Bonchev–Trinajstić information content (AvgIpc) is 2.84. The Morgan fingerprint density at radius 2 is 1.68 bits per heavy atom. The van der Waals surface area contributed by atoms with Gasteiger partial charge in [-0.3, -0.25) is 9.78 Å². The monoisotopic (exact) mass is 402 g/mol. The summed E-state index contributed by atoms with van der Waals surface area (Å²) in [4.78, 5) is 21.9. The SMILES string of the molecule is O=C(NN=Cc1cccc2ccccc12)c1cc(-c2cccnc2)nc2ccccc12. The average molecular weight is 402 g/mol. The Kier molecular flexibility index (Phi) is 4.91. The zero-order valence-electron chi connectivity index (χ0n) is 16.6. The minimum Gasteiger partial charge on any atom is -0.267 e. The lowest BCUT2D eigenvalue weighted by Gasteiger charge is -2.09. The molecule has 0 unspecified atom stereocenters. The molecular formula is C26H18N4O. The van der Waals surface area contributed by atoms with Gasteiger partial charge in [0.05, 0.1) is 23.0 Å². The zero-order valence-corrected chi connectivity index (χ0v) is 16.6. The first-order chi connectivity index (χ1) is 15.3. The number of hydrogen-bond donors (Lipinski definition) is 1. The maximum Gasteiger partial charge on any atom is 0.272 e. The molecule has 1 N–H and O–H groups in total. The molecule has 0 spiro atoms. The Bertz CT molecular complexity index is 1420. The number of rotatable bonds is 4. The summed E-state index contributed by atoms with van der Waals surface area (Å²) in [5.74, 6) is -0.291. The van der Waals surface area contributed by atoms with Crippen LogP contribution in [0.4, 0.5) is 0 Å². The van der Waals surface area contributed by atoms with Crippen molar-refractivity contribution in [3.8, 4) is 11.3 Å². The van der Waals surface area contributed by atoms with Crippen molar-refractivity contribution in [1.82, 2.24) is 15.4 Å². The Labute approximate surface area is 179 Å². The molecule has 0 bridgehead atoms. The van der Waals surface area contributed by atoms with Crippen LogP contribution >= 0.6 is 0 Å². The highest BCUT2D eigenvalue weighted by Crippen LogP contribution is 2.24. The molecule has 5 nitrogen and oxygen atoms in total. The third kappa shape index (κ3) is 3.76. The third-order valence-electron chi connectivity index (χ3n) is 5.11. The van der Waals surface area contributed by atoms with Crippen LogP contribution in [0.25, 0.3) is 32.9 Å². The van der Waals surface area contributed by atoms with Crippen LogP contribution in [0.2, 0.25) is 0 Å². The van der Waals surface area contributed by atoms with Gasteiger partial charge in [-0.15, -0.1) is 0 Å². The molecule has 0 fully saturated rings. The lowest BCUT2D eigenvalue weighted by molar-refractivity contribution is 0.0956. The Hall–Kier alpha value is -4.38. The fourth-order valence-corrected chi connectivity index (χ4v) is 3.61. The van der Waals surface area contributed by atoms with E-state index in [1.54, 1.807) is 24.7 Å². The van der Waals surface area contributed by atoms with Crippen molar-refractivity contribution in [3.63, 3.8) is 0 Å². The number of nitrogens with zero attached hydrogens (tertiary/aromatic N) is 3. The quantitative estimate of drug-likeness (QED) is 0.331. The van der Waals surface area contributed by atoms with E-state index < -0.39 is 0 Å². The van der Waals surface area contributed by atoms with Crippen LogP contribution in [0.3, 0.4) is 0 Å². The molecule has 148 valence electrons. The summed E-state index contributed by atoms with van der Waals surface area (Å²) >= 11 is 0. The molecule has 0 radical (unpaired) electrons. The molecule has 0 saturated heterocycles. The lowest BCUT2D eigenvalue weighted by Crippen LogP contribution is -2.18. The van der Waals surface area contributed by atoms with Crippen molar-refractivity contribution >= 4 is 33.8 Å². The second-order valence-corrected chi connectivity index (χ2v) is 7.08. The van der Waals surface area contributed by atoms with E-state index in [0.717, 1.165) is 32.8 Å². The summed E-state index contributed by atoms with van der Waals surface area (Å²) in [6.45, 7) is 0. The standard InChI is InChI=1S/C26H18N4O/c31-26(30-28-17-19-9-5-8-18-7-1-2-11-21(18)19)23-15-25(20-10-6-14-27-16-20)29-24-13-4-3-12-22(23)24/h1-17H,(H,30,31). The summed E-state index contributed by atoms with van der Waals surface area (Å²) in [6, 6.07) is 27.2. The molecule has 0 atom stereocenters. The summed E-state index contributed by atoms with van der Waals surface area (Å²) in [7, 11) is 0. The summed E-state index contributed by atoms with van der Waals surface area (Å²) in [6.07, 6.45) is 5.11. The van der Waals surface area contributed by atoms with Gasteiger partial charge in [0.15, 0.2) is 0 Å².